The van der Waals surface area contributed by atoms with E-state index in [2.05, 4.69) is 0 Å². The molecule has 7 rings (SSSR count). The second kappa shape index (κ2) is 11.6. The quantitative estimate of drug-likeness (QED) is 0.169. The van der Waals surface area contributed by atoms with Gasteiger partial charge in [-0.2, -0.15) is 0 Å². The van der Waals surface area contributed by atoms with E-state index in [-0.39, 0.29) is 18.9 Å². The largest absolute Gasteiger partial charge is 0.456 e. The minimum absolute atomic E-state index is 0.0182. The third kappa shape index (κ3) is 4.55. The summed E-state index contributed by atoms with van der Waals surface area (Å²) >= 11 is 0. The highest BCUT2D eigenvalue weighted by Gasteiger charge is 2.87. The van der Waals surface area contributed by atoms with Crippen molar-refractivity contribution < 1.29 is 34.0 Å². The van der Waals surface area contributed by atoms with Crippen LogP contribution >= 0.6 is 0 Å². The Morgan fingerprint density at radius 1 is 0.878 bits per heavy atom. The average Bonchev–Trinajstić information content (AvgIpc) is 3.51. The van der Waals surface area contributed by atoms with Crippen molar-refractivity contribution >= 4 is 11.8 Å². The number of Topliss-reactive ketones (excluding diaryl/α,β-unsaturated/α-hetero) is 1. The van der Waals surface area contributed by atoms with Crippen molar-refractivity contribution in [2.45, 2.75) is 69.5 Å². The number of ketones is 1. The van der Waals surface area contributed by atoms with Crippen molar-refractivity contribution in [2.75, 3.05) is 13.7 Å². The molecule has 3 aromatic rings. The molecular weight excluding hydrogens is 616 g/mol. The molecule has 0 unspecified atom stereocenters. The molecule has 8 atom stereocenters. The Labute approximate surface area is 288 Å². The fourth-order valence-corrected chi connectivity index (χ4v) is 10.2. The van der Waals surface area contributed by atoms with Crippen LogP contribution in [0.1, 0.15) is 57.7 Å². The van der Waals surface area contributed by atoms with Gasteiger partial charge in [0.05, 0.1) is 12.2 Å². The van der Waals surface area contributed by atoms with E-state index in [0.717, 1.165) is 16.7 Å². The smallest absolute Gasteiger partial charge is 0.303 e. The van der Waals surface area contributed by atoms with Crippen LogP contribution in [-0.4, -0.2) is 58.6 Å². The number of rotatable bonds is 8. The van der Waals surface area contributed by atoms with Crippen LogP contribution in [-0.2, 0) is 29.4 Å². The van der Waals surface area contributed by atoms with Crippen molar-refractivity contribution in [3.05, 3.63) is 131 Å². The topological polar surface area (TPSA) is 102 Å². The molecule has 3 aromatic carbocycles. The van der Waals surface area contributed by atoms with Gasteiger partial charge in [0.2, 0.25) is 0 Å². The van der Waals surface area contributed by atoms with Gasteiger partial charge in [-0.1, -0.05) is 124 Å². The van der Waals surface area contributed by atoms with Gasteiger partial charge in [-0.3, -0.25) is 9.59 Å². The molecule has 4 aliphatic carbocycles. The first-order valence-corrected chi connectivity index (χ1v) is 17.2. The van der Waals surface area contributed by atoms with Gasteiger partial charge in [0.15, 0.2) is 5.78 Å². The summed E-state index contributed by atoms with van der Waals surface area (Å²) in [6, 6.07) is 30.1. The SMILES string of the molecule is CO[C@@H]1[C@@H](C)[C@@]2(O)[C@@H](C=C(COC(c3ccccc3)(c3ccccc3)c3ccccc3)C[C@]3(O)C(=O)C(C)=C[C@@H]23)[C@@H]2C(C)(C)[C@]12OC(C)=O. The van der Waals surface area contributed by atoms with E-state index >= 15 is 0 Å². The van der Waals surface area contributed by atoms with Crippen molar-refractivity contribution in [1.82, 2.24) is 0 Å². The second-order valence-corrected chi connectivity index (χ2v) is 15.1. The number of carbonyl (C=O) groups excluding carboxylic acids is 2. The number of carbonyl (C=O) groups is 2. The van der Waals surface area contributed by atoms with Gasteiger partial charge in [0.1, 0.15) is 22.9 Å². The Bertz CT molecular complexity index is 1720. The fraction of sp³-hybridized carbons (Fsp3) is 0.429. The molecular formula is C42H46O7. The molecule has 2 fully saturated rings. The molecule has 2 saturated carbocycles. The van der Waals surface area contributed by atoms with Crippen LogP contribution < -0.4 is 0 Å². The summed E-state index contributed by atoms with van der Waals surface area (Å²) in [4.78, 5) is 26.6. The van der Waals surface area contributed by atoms with Crippen molar-refractivity contribution in [1.29, 1.82) is 0 Å². The van der Waals surface area contributed by atoms with Crippen LogP contribution in [0.3, 0.4) is 0 Å². The van der Waals surface area contributed by atoms with Crippen LogP contribution in [0.4, 0.5) is 0 Å². The molecule has 7 nitrogen and oxygen atoms in total. The Balaban J connectivity index is 1.40. The fourth-order valence-electron chi connectivity index (χ4n) is 10.2. The van der Waals surface area contributed by atoms with Crippen molar-refractivity contribution in [3.8, 4) is 0 Å². The first-order chi connectivity index (χ1) is 23.3. The maximum atomic E-state index is 13.9. The molecule has 0 saturated heterocycles. The lowest BCUT2D eigenvalue weighted by Crippen LogP contribution is -2.65. The number of hydrogen-bond donors (Lipinski definition) is 2. The lowest BCUT2D eigenvalue weighted by Gasteiger charge is -2.53. The third-order valence-corrected chi connectivity index (χ3v) is 12.3. The van der Waals surface area contributed by atoms with E-state index in [1.807, 2.05) is 118 Å². The maximum Gasteiger partial charge on any atom is 0.303 e. The lowest BCUT2D eigenvalue weighted by atomic mass is 9.59. The first-order valence-electron chi connectivity index (χ1n) is 17.2. The van der Waals surface area contributed by atoms with Gasteiger partial charge in [0, 0.05) is 49.5 Å². The van der Waals surface area contributed by atoms with Gasteiger partial charge < -0.3 is 24.4 Å². The minimum atomic E-state index is -1.90. The number of esters is 1. The van der Waals surface area contributed by atoms with E-state index in [1.165, 1.54) is 6.92 Å². The molecule has 0 amide bonds. The van der Waals surface area contributed by atoms with Gasteiger partial charge in [-0.05, 0) is 34.8 Å². The normalized spacial score (nSPS) is 34.4. The van der Waals surface area contributed by atoms with E-state index in [0.29, 0.717) is 11.1 Å². The summed E-state index contributed by atoms with van der Waals surface area (Å²) in [5.41, 5.74) is -2.21. The van der Waals surface area contributed by atoms with Crippen LogP contribution in [0.25, 0.3) is 0 Å². The Hall–Kier alpha value is -3.88. The van der Waals surface area contributed by atoms with Crippen LogP contribution in [0.2, 0.25) is 0 Å². The molecule has 0 spiro atoms. The molecule has 0 radical (unpaired) electrons. The van der Waals surface area contributed by atoms with E-state index < -0.39 is 63.4 Å². The van der Waals surface area contributed by atoms with E-state index in [1.54, 1.807) is 20.1 Å². The maximum absolute atomic E-state index is 13.9. The van der Waals surface area contributed by atoms with E-state index in [4.69, 9.17) is 14.2 Å². The standard InChI is InChI=1S/C42H46O7/c1-26-22-34-39(45,36(26)44)24-29(23-33-35-38(4,5)42(35,49-28(3)43)37(47-6)27(2)40(33,34)46)25-48-41(30-16-10-7-11-17-30,31-18-12-8-13-19-31)32-20-14-9-15-21-32/h7-23,27,33-35,37,45-46H,24-25H2,1-6H3/t27-,33+,34-,35-,37-,39-,40-,42-/m1/s1. The number of benzene rings is 3. The first kappa shape index (κ1) is 33.6. The highest BCUT2D eigenvalue weighted by Crippen LogP contribution is 2.77. The van der Waals surface area contributed by atoms with Crippen molar-refractivity contribution in [3.63, 3.8) is 0 Å². The third-order valence-electron chi connectivity index (χ3n) is 12.3. The summed E-state index contributed by atoms with van der Waals surface area (Å²) in [5.74, 6) is -3.27. The number of methoxy groups -OCH3 is 1. The number of aliphatic hydroxyl groups is 2. The molecule has 2 N–H and O–H groups in total. The Kier molecular flexibility index (Phi) is 7.95. The lowest BCUT2D eigenvalue weighted by molar-refractivity contribution is -0.224. The molecule has 49 heavy (non-hydrogen) atoms. The van der Waals surface area contributed by atoms with Crippen molar-refractivity contribution in [2.24, 2.45) is 29.1 Å². The predicted molar refractivity (Wildman–Crippen MR) is 185 cm³/mol. The van der Waals surface area contributed by atoms with Gasteiger partial charge >= 0.3 is 5.97 Å². The zero-order valence-corrected chi connectivity index (χ0v) is 29.1. The summed E-state index contributed by atoms with van der Waals surface area (Å²) in [6.07, 6.45) is 3.07. The molecule has 7 heteroatoms. The predicted octanol–water partition coefficient (Wildman–Crippen LogP) is 6.17. The molecule has 0 aromatic heterocycles. The van der Waals surface area contributed by atoms with Gasteiger partial charge in [-0.15, -0.1) is 0 Å². The highest BCUT2D eigenvalue weighted by molar-refractivity contribution is 6.04. The van der Waals surface area contributed by atoms with Gasteiger partial charge in [0.25, 0.3) is 0 Å². The molecule has 256 valence electrons. The summed E-state index contributed by atoms with van der Waals surface area (Å²) in [6.45, 7) is 9.12. The summed E-state index contributed by atoms with van der Waals surface area (Å²) in [7, 11) is 1.57. The number of fused-ring (bicyclic) bond motifs is 5. The summed E-state index contributed by atoms with van der Waals surface area (Å²) < 4.78 is 19.5. The number of hydrogen-bond acceptors (Lipinski definition) is 7. The van der Waals surface area contributed by atoms with Crippen LogP contribution in [0.15, 0.2) is 114 Å². The molecule has 4 aliphatic rings. The molecule has 0 heterocycles. The Morgan fingerprint density at radius 3 is 1.86 bits per heavy atom. The van der Waals surface area contributed by atoms with Crippen LogP contribution in [0.5, 0.6) is 0 Å². The average molecular weight is 663 g/mol. The number of ether oxygens (including phenoxy) is 3. The monoisotopic (exact) mass is 662 g/mol. The van der Waals surface area contributed by atoms with Crippen LogP contribution in [0, 0.1) is 29.1 Å². The summed E-state index contributed by atoms with van der Waals surface area (Å²) in [5, 5.41) is 25.6. The minimum Gasteiger partial charge on any atom is -0.456 e. The second-order valence-electron chi connectivity index (χ2n) is 15.1. The van der Waals surface area contributed by atoms with E-state index in [9.17, 15) is 19.8 Å². The zero-order valence-electron chi connectivity index (χ0n) is 29.1. The Morgan fingerprint density at radius 2 is 1.39 bits per heavy atom. The zero-order chi connectivity index (χ0) is 35.0. The molecule has 0 aliphatic heterocycles. The molecule has 0 bridgehead atoms. The van der Waals surface area contributed by atoms with Gasteiger partial charge in [-0.25, -0.2) is 0 Å². The highest BCUT2D eigenvalue weighted by atomic mass is 16.6.